The molecule has 2 aromatic rings. The second kappa shape index (κ2) is 6.91. The summed E-state index contributed by atoms with van der Waals surface area (Å²) in [5.41, 5.74) is -1.46. The number of nitrogens with one attached hydrogen (secondary N) is 1. The maximum Gasteiger partial charge on any atom is 0.332 e. The van der Waals surface area contributed by atoms with Gasteiger partial charge in [-0.3, -0.25) is 4.79 Å². The lowest BCUT2D eigenvalue weighted by molar-refractivity contribution is -0.145. The smallest absolute Gasteiger partial charge is 0.332 e. The number of ether oxygens (including phenoxy) is 1. The third kappa shape index (κ3) is 4.29. The molecule has 0 aliphatic carbocycles. The largest absolute Gasteiger partial charge is 0.491 e. The lowest BCUT2D eigenvalue weighted by Gasteiger charge is -2.26. The van der Waals surface area contributed by atoms with Crippen molar-refractivity contribution in [2.45, 2.75) is 12.5 Å². The van der Waals surface area contributed by atoms with Crippen LogP contribution in [0.1, 0.15) is 17.3 Å². The molecule has 5 nitrogen and oxygen atoms in total. The summed E-state index contributed by atoms with van der Waals surface area (Å²) in [7, 11) is 0. The van der Waals surface area contributed by atoms with Crippen LogP contribution in [0.4, 0.5) is 4.39 Å². The van der Waals surface area contributed by atoms with Crippen molar-refractivity contribution in [1.82, 2.24) is 5.32 Å². The van der Waals surface area contributed by atoms with E-state index in [-0.39, 0.29) is 12.2 Å². The minimum absolute atomic E-state index is 0.165. The molecule has 0 aliphatic heterocycles. The number of para-hydroxylation sites is 1. The Balaban J connectivity index is 2.09. The Morgan fingerprint density at radius 3 is 2.30 bits per heavy atom. The molecule has 0 aromatic heterocycles. The SMILES string of the molecule is CC(COc1ccccc1)(NC(=O)c1ccc(F)cc1)C(=O)O. The molecule has 2 aromatic carbocycles. The summed E-state index contributed by atoms with van der Waals surface area (Å²) in [6, 6.07) is 13.5. The van der Waals surface area contributed by atoms with Crippen LogP contribution in [0.15, 0.2) is 54.6 Å². The summed E-state index contributed by atoms with van der Waals surface area (Å²) in [5, 5.41) is 11.8. The second-order valence-electron chi connectivity index (χ2n) is 5.20. The molecule has 2 N–H and O–H groups in total. The van der Waals surface area contributed by atoms with Gasteiger partial charge in [0, 0.05) is 5.56 Å². The highest BCUT2D eigenvalue weighted by Gasteiger charge is 2.36. The monoisotopic (exact) mass is 317 g/mol. The molecule has 0 radical (unpaired) electrons. The molecule has 1 unspecified atom stereocenters. The zero-order valence-electron chi connectivity index (χ0n) is 12.5. The van der Waals surface area contributed by atoms with E-state index in [1.165, 1.54) is 19.1 Å². The number of carbonyl (C=O) groups is 2. The number of aliphatic carboxylic acids is 1. The van der Waals surface area contributed by atoms with Crippen molar-refractivity contribution in [3.05, 3.63) is 66.0 Å². The van der Waals surface area contributed by atoms with Gasteiger partial charge in [-0.1, -0.05) is 18.2 Å². The number of benzene rings is 2. The Morgan fingerprint density at radius 2 is 1.74 bits per heavy atom. The van der Waals surface area contributed by atoms with Gasteiger partial charge in [0.15, 0.2) is 5.54 Å². The molecular formula is C17H16FNO4. The van der Waals surface area contributed by atoms with Crippen molar-refractivity contribution in [3.63, 3.8) is 0 Å². The van der Waals surface area contributed by atoms with Crippen LogP contribution in [0, 0.1) is 5.82 Å². The molecule has 0 saturated heterocycles. The van der Waals surface area contributed by atoms with Gasteiger partial charge in [-0.05, 0) is 43.3 Å². The van der Waals surface area contributed by atoms with Crippen LogP contribution < -0.4 is 10.1 Å². The van der Waals surface area contributed by atoms with Crippen LogP contribution in [-0.2, 0) is 4.79 Å². The molecule has 1 amide bonds. The maximum absolute atomic E-state index is 12.9. The predicted molar refractivity (Wildman–Crippen MR) is 81.8 cm³/mol. The highest BCUT2D eigenvalue weighted by molar-refractivity contribution is 5.97. The maximum atomic E-state index is 12.9. The van der Waals surface area contributed by atoms with Crippen molar-refractivity contribution in [2.24, 2.45) is 0 Å². The first-order valence-corrected chi connectivity index (χ1v) is 6.90. The van der Waals surface area contributed by atoms with Crippen molar-refractivity contribution in [2.75, 3.05) is 6.61 Å². The van der Waals surface area contributed by atoms with Gasteiger partial charge in [-0.15, -0.1) is 0 Å². The summed E-state index contributed by atoms with van der Waals surface area (Å²) in [6.45, 7) is 1.10. The number of amides is 1. The fourth-order valence-electron chi connectivity index (χ4n) is 1.82. The van der Waals surface area contributed by atoms with Gasteiger partial charge in [-0.2, -0.15) is 0 Å². The van der Waals surface area contributed by atoms with Crippen molar-refractivity contribution < 1.29 is 23.8 Å². The number of carboxylic acid groups (broad SMARTS) is 1. The van der Waals surface area contributed by atoms with E-state index in [2.05, 4.69) is 5.32 Å². The van der Waals surface area contributed by atoms with Gasteiger partial charge in [0.05, 0.1) is 0 Å². The van der Waals surface area contributed by atoms with Gasteiger partial charge in [0.2, 0.25) is 0 Å². The lowest BCUT2D eigenvalue weighted by Crippen LogP contribution is -2.56. The van der Waals surface area contributed by atoms with Crippen molar-refractivity contribution >= 4 is 11.9 Å². The average molecular weight is 317 g/mol. The van der Waals surface area contributed by atoms with E-state index in [4.69, 9.17) is 4.74 Å². The fraction of sp³-hybridized carbons (Fsp3) is 0.176. The first-order chi connectivity index (χ1) is 10.9. The van der Waals surface area contributed by atoms with Gasteiger partial charge in [-0.25, -0.2) is 9.18 Å². The average Bonchev–Trinajstić information content (AvgIpc) is 2.54. The van der Waals surface area contributed by atoms with Crippen LogP contribution in [0.25, 0.3) is 0 Å². The van der Waals surface area contributed by atoms with E-state index in [0.29, 0.717) is 5.75 Å². The molecule has 0 fully saturated rings. The minimum Gasteiger partial charge on any atom is -0.491 e. The zero-order chi connectivity index (χ0) is 16.9. The molecule has 0 heterocycles. The van der Waals surface area contributed by atoms with Gasteiger partial charge < -0.3 is 15.2 Å². The highest BCUT2D eigenvalue weighted by atomic mass is 19.1. The fourth-order valence-corrected chi connectivity index (χ4v) is 1.82. The van der Waals surface area contributed by atoms with Gasteiger partial charge in [0.25, 0.3) is 5.91 Å². The van der Waals surface area contributed by atoms with E-state index in [1.807, 2.05) is 0 Å². The van der Waals surface area contributed by atoms with Crippen LogP contribution in [0.5, 0.6) is 5.75 Å². The first kappa shape index (κ1) is 16.5. The van der Waals surface area contributed by atoms with Crippen molar-refractivity contribution in [1.29, 1.82) is 0 Å². The van der Waals surface area contributed by atoms with E-state index in [0.717, 1.165) is 12.1 Å². The van der Waals surface area contributed by atoms with Crippen molar-refractivity contribution in [3.8, 4) is 5.75 Å². The summed E-state index contributed by atoms with van der Waals surface area (Å²) < 4.78 is 18.3. The predicted octanol–water partition coefficient (Wildman–Crippen LogP) is 2.48. The van der Waals surface area contributed by atoms with Crippen LogP contribution >= 0.6 is 0 Å². The normalized spacial score (nSPS) is 13.0. The third-order valence-corrected chi connectivity index (χ3v) is 3.24. The molecule has 1 atom stereocenters. The van der Waals surface area contributed by atoms with Crippen LogP contribution in [0.3, 0.4) is 0 Å². The number of halogens is 1. The van der Waals surface area contributed by atoms with Crippen LogP contribution in [0.2, 0.25) is 0 Å². The van der Waals surface area contributed by atoms with Gasteiger partial charge in [0.1, 0.15) is 18.2 Å². The molecule has 0 saturated carbocycles. The summed E-state index contributed by atoms with van der Waals surface area (Å²) in [4.78, 5) is 23.6. The summed E-state index contributed by atoms with van der Waals surface area (Å²) in [6.07, 6.45) is 0. The number of hydrogen-bond donors (Lipinski definition) is 2. The highest BCUT2D eigenvalue weighted by Crippen LogP contribution is 2.14. The van der Waals surface area contributed by atoms with Gasteiger partial charge >= 0.3 is 5.97 Å². The first-order valence-electron chi connectivity index (χ1n) is 6.90. The number of rotatable bonds is 6. The molecule has 6 heteroatoms. The van der Waals surface area contributed by atoms with E-state index < -0.39 is 23.2 Å². The molecule has 2 rings (SSSR count). The Bertz CT molecular complexity index is 687. The lowest BCUT2D eigenvalue weighted by atomic mass is 10.0. The summed E-state index contributed by atoms with van der Waals surface area (Å²) >= 11 is 0. The Hall–Kier alpha value is -2.89. The van der Waals surface area contributed by atoms with E-state index >= 15 is 0 Å². The second-order valence-corrected chi connectivity index (χ2v) is 5.20. The molecule has 0 aliphatic rings. The molecule has 23 heavy (non-hydrogen) atoms. The zero-order valence-corrected chi connectivity index (χ0v) is 12.5. The summed E-state index contributed by atoms with van der Waals surface area (Å²) in [5.74, 6) is -1.83. The standard InChI is InChI=1S/C17H16FNO4/c1-17(16(21)22,11-23-14-5-3-2-4-6-14)19-15(20)12-7-9-13(18)10-8-12/h2-10H,11H2,1H3,(H,19,20)(H,21,22). The van der Waals surface area contributed by atoms with Crippen LogP contribution in [-0.4, -0.2) is 29.1 Å². The Labute approximate surface area is 132 Å². The quantitative estimate of drug-likeness (QED) is 0.858. The molecule has 120 valence electrons. The van der Waals surface area contributed by atoms with E-state index in [1.54, 1.807) is 30.3 Å². The number of carbonyl (C=O) groups excluding carboxylic acids is 1. The Morgan fingerprint density at radius 1 is 1.13 bits per heavy atom. The number of hydrogen-bond acceptors (Lipinski definition) is 3. The third-order valence-electron chi connectivity index (χ3n) is 3.24. The molecule has 0 spiro atoms. The Kier molecular flexibility index (Phi) is 4.95. The minimum atomic E-state index is -1.62. The number of carboxylic acids is 1. The topological polar surface area (TPSA) is 75.6 Å². The van der Waals surface area contributed by atoms with E-state index in [9.17, 15) is 19.1 Å². The molecule has 0 bridgehead atoms. The molecular weight excluding hydrogens is 301 g/mol.